The molecule has 0 unspecified atom stereocenters. The number of fused-ring (bicyclic) bond motifs is 1. The molecule has 0 bridgehead atoms. The van der Waals surface area contributed by atoms with Crippen LogP contribution in [0.1, 0.15) is 31.2 Å². The van der Waals surface area contributed by atoms with Gasteiger partial charge in [0.05, 0.1) is 16.9 Å². The number of nitrogens with two attached hydrogens (primary N) is 1. The third-order valence-electron chi connectivity index (χ3n) is 6.57. The van der Waals surface area contributed by atoms with Gasteiger partial charge in [0, 0.05) is 31.8 Å². The van der Waals surface area contributed by atoms with Gasteiger partial charge in [0.15, 0.2) is 11.6 Å². The Morgan fingerprint density at radius 1 is 1.00 bits per heavy atom. The van der Waals surface area contributed by atoms with Crippen LogP contribution >= 0.6 is 0 Å². The van der Waals surface area contributed by atoms with Crippen LogP contribution in [0, 0.1) is 18.3 Å². The molecule has 0 amide bonds. The summed E-state index contributed by atoms with van der Waals surface area (Å²) < 4.78 is 21.4. The van der Waals surface area contributed by atoms with Gasteiger partial charge in [0.25, 0.3) is 0 Å². The van der Waals surface area contributed by atoms with E-state index < -0.39 is 5.82 Å². The van der Waals surface area contributed by atoms with Gasteiger partial charge in [0.1, 0.15) is 34.8 Å². The Morgan fingerprint density at radius 2 is 1.74 bits per heavy atom. The lowest BCUT2D eigenvalue weighted by atomic mass is 10.1. The molecule has 10 nitrogen and oxygen atoms in total. The summed E-state index contributed by atoms with van der Waals surface area (Å²) in [6.07, 6.45) is 6.21. The summed E-state index contributed by atoms with van der Waals surface area (Å²) >= 11 is 0. The number of anilines is 4. The van der Waals surface area contributed by atoms with E-state index in [1.807, 2.05) is 12.1 Å². The van der Waals surface area contributed by atoms with Gasteiger partial charge in [-0.05, 0) is 63.2 Å². The molecule has 1 saturated heterocycles. The van der Waals surface area contributed by atoms with Gasteiger partial charge in [-0.15, -0.1) is 0 Å². The Bertz CT molecular complexity index is 1440. The Kier molecular flexibility index (Phi) is 9.16. The van der Waals surface area contributed by atoms with Crippen molar-refractivity contribution in [2.75, 3.05) is 42.7 Å². The number of ether oxygens (including phenoxy) is 1. The molecular formula is C28H34FN9O. The number of aromatic nitrogens is 3. The number of benzene rings is 2. The molecule has 1 aliphatic rings. The van der Waals surface area contributed by atoms with Crippen LogP contribution in [0.15, 0.2) is 53.9 Å². The van der Waals surface area contributed by atoms with Crippen molar-refractivity contribution in [1.82, 2.24) is 15.0 Å². The first-order valence-corrected chi connectivity index (χ1v) is 12.9. The first-order chi connectivity index (χ1) is 19.1. The number of nitrogens with zero attached hydrogens (tertiary/aromatic N) is 5. The quantitative estimate of drug-likeness (QED) is 0.194. The summed E-state index contributed by atoms with van der Waals surface area (Å²) in [7, 11) is 3.25. The molecular weight excluding hydrogens is 497 g/mol. The molecule has 0 atom stereocenters. The molecule has 5 N–H and O–H groups in total. The highest BCUT2D eigenvalue weighted by molar-refractivity contribution is 5.88. The van der Waals surface area contributed by atoms with Crippen molar-refractivity contribution < 1.29 is 9.13 Å². The minimum Gasteiger partial charge on any atom is -0.457 e. The van der Waals surface area contributed by atoms with Gasteiger partial charge in [-0.3, -0.25) is 0 Å². The molecule has 1 aliphatic heterocycles. The van der Waals surface area contributed by atoms with Crippen molar-refractivity contribution in [3.05, 3.63) is 60.2 Å². The maximum atomic E-state index is 15.5. The second-order valence-corrected chi connectivity index (χ2v) is 8.98. The van der Waals surface area contributed by atoms with Gasteiger partial charge in [-0.25, -0.2) is 24.9 Å². The predicted octanol–water partition coefficient (Wildman–Crippen LogP) is 6.67. The largest absolute Gasteiger partial charge is 0.457 e. The number of hydrogen-bond acceptors (Lipinski definition) is 10. The normalized spacial score (nSPS) is 13.2. The van der Waals surface area contributed by atoms with Gasteiger partial charge in [0.2, 0.25) is 0 Å². The summed E-state index contributed by atoms with van der Waals surface area (Å²) in [5.41, 5.74) is 14.9. The Balaban J connectivity index is 0.00000172. The highest BCUT2D eigenvalue weighted by Crippen LogP contribution is 2.36. The van der Waals surface area contributed by atoms with Crippen molar-refractivity contribution >= 4 is 39.7 Å². The summed E-state index contributed by atoms with van der Waals surface area (Å²) in [5, 5.41) is 9.59. The van der Waals surface area contributed by atoms with E-state index in [4.69, 9.17) is 15.3 Å². The zero-order valence-electron chi connectivity index (χ0n) is 22.5. The lowest BCUT2D eigenvalue weighted by molar-refractivity contribution is 0.472. The fraction of sp³-hybridized carbons (Fsp3) is 0.321. The second kappa shape index (κ2) is 12.9. The molecule has 5 rings (SSSR count). The molecule has 3 heterocycles. The molecule has 11 heteroatoms. The maximum absolute atomic E-state index is 15.5. The Morgan fingerprint density at radius 3 is 2.46 bits per heavy atom. The smallest absolute Gasteiger partial charge is 0.160 e. The molecule has 0 radical (unpaired) electrons. The molecule has 39 heavy (non-hydrogen) atoms. The van der Waals surface area contributed by atoms with Crippen LogP contribution < -0.4 is 26.0 Å². The van der Waals surface area contributed by atoms with Crippen LogP contribution in [0.4, 0.5) is 33.1 Å². The fourth-order valence-corrected chi connectivity index (χ4v) is 4.51. The van der Waals surface area contributed by atoms with E-state index in [1.165, 1.54) is 26.2 Å². The van der Waals surface area contributed by atoms with E-state index in [2.05, 4.69) is 36.3 Å². The zero-order chi connectivity index (χ0) is 27.8. The van der Waals surface area contributed by atoms with Crippen LogP contribution in [0.5, 0.6) is 11.5 Å². The Hall–Kier alpha value is -4.38. The zero-order valence-corrected chi connectivity index (χ0v) is 22.5. The topological polar surface area (TPSA) is 137 Å². The van der Waals surface area contributed by atoms with Gasteiger partial charge in [-0.2, -0.15) is 5.11 Å². The number of nitrogens with one attached hydrogen (secondary N) is 3. The van der Waals surface area contributed by atoms with Crippen LogP contribution in [0.3, 0.4) is 0 Å². The van der Waals surface area contributed by atoms with Crippen molar-refractivity contribution in [2.24, 2.45) is 10.8 Å². The van der Waals surface area contributed by atoms with Crippen LogP contribution in [-0.2, 0) is 0 Å². The molecule has 204 valence electrons. The average Bonchev–Trinajstić information content (AvgIpc) is 3.27. The lowest BCUT2D eigenvalue weighted by Gasteiger charge is -2.22. The average molecular weight is 532 g/mol. The fourth-order valence-electron chi connectivity index (χ4n) is 4.51. The van der Waals surface area contributed by atoms with E-state index in [-0.39, 0.29) is 5.69 Å². The highest BCUT2D eigenvalue weighted by Gasteiger charge is 2.17. The molecule has 0 saturated carbocycles. The monoisotopic (exact) mass is 531 g/mol. The molecule has 2 aromatic carbocycles. The maximum Gasteiger partial charge on any atom is 0.160 e. The first kappa shape index (κ1) is 27.6. The highest BCUT2D eigenvalue weighted by atomic mass is 19.1. The number of pyridine rings is 1. The van der Waals surface area contributed by atoms with Crippen LogP contribution in [0.2, 0.25) is 0 Å². The third kappa shape index (κ3) is 6.20. The summed E-state index contributed by atoms with van der Waals surface area (Å²) in [4.78, 5) is 15.9. The minimum atomic E-state index is -0.454. The summed E-state index contributed by atoms with van der Waals surface area (Å²) in [5.74, 6) is 1.70. The number of rotatable bonds is 7. The second-order valence-electron chi connectivity index (χ2n) is 8.98. The molecule has 1 fully saturated rings. The van der Waals surface area contributed by atoms with E-state index in [0.29, 0.717) is 45.3 Å². The third-order valence-corrected chi connectivity index (χ3v) is 6.57. The van der Waals surface area contributed by atoms with Crippen LogP contribution in [0.25, 0.3) is 11.0 Å². The molecule has 4 aromatic rings. The van der Waals surface area contributed by atoms with Crippen molar-refractivity contribution in [1.29, 1.82) is 5.53 Å². The van der Waals surface area contributed by atoms with Crippen molar-refractivity contribution in [2.45, 2.75) is 32.6 Å². The lowest BCUT2D eigenvalue weighted by Crippen LogP contribution is -2.24. The Labute approximate surface area is 227 Å². The number of halogens is 1. The molecule has 0 spiro atoms. The SMILES string of the molecule is CN.CNc1ccc(Oc2ccc(Nc3ncnc4ccc(N5CCCCCC5)nc34)c(F)c2C)cc1N=N. The summed E-state index contributed by atoms with van der Waals surface area (Å²) in [6, 6.07) is 12.4. The standard InChI is InChI=1S/C27H29FN8O.CH5N/c1-17-23(37-18-7-8-19(30-2)22(15-18)35-29)11-9-20(25(17)28)33-27-26-21(31-16-32-27)10-12-24(34-26)36-13-5-3-4-6-14-36;1-2/h7-12,15-16,29-30H,3-6,13-14H2,1-2H3,(H,31,32,33);2H2,1H3. The van der Waals surface area contributed by atoms with E-state index in [0.717, 1.165) is 31.7 Å². The van der Waals surface area contributed by atoms with E-state index >= 15 is 4.39 Å². The minimum absolute atomic E-state index is 0.263. The van der Waals surface area contributed by atoms with Crippen molar-refractivity contribution in [3.63, 3.8) is 0 Å². The molecule has 0 aliphatic carbocycles. The first-order valence-electron chi connectivity index (χ1n) is 12.9. The van der Waals surface area contributed by atoms with E-state index in [9.17, 15) is 0 Å². The van der Waals surface area contributed by atoms with Crippen LogP contribution in [-0.4, -0.2) is 42.1 Å². The summed E-state index contributed by atoms with van der Waals surface area (Å²) in [6.45, 7) is 3.60. The van der Waals surface area contributed by atoms with Gasteiger partial charge < -0.3 is 26.0 Å². The van der Waals surface area contributed by atoms with E-state index in [1.54, 1.807) is 44.3 Å². The van der Waals surface area contributed by atoms with Crippen molar-refractivity contribution in [3.8, 4) is 11.5 Å². The number of hydrogen-bond donors (Lipinski definition) is 4. The van der Waals surface area contributed by atoms with Gasteiger partial charge >= 0.3 is 0 Å². The van der Waals surface area contributed by atoms with Gasteiger partial charge in [-0.1, -0.05) is 12.8 Å². The molecule has 2 aromatic heterocycles. The predicted molar refractivity (Wildman–Crippen MR) is 153 cm³/mol.